The predicted molar refractivity (Wildman–Crippen MR) is 130 cm³/mol. The number of carbonyl (C=O) groups excluding carboxylic acids is 3. The Bertz CT molecular complexity index is 1380. The van der Waals surface area contributed by atoms with Crippen LogP contribution in [0.15, 0.2) is 78.4 Å². The van der Waals surface area contributed by atoms with Gasteiger partial charge in [0.05, 0.1) is 16.5 Å². The monoisotopic (exact) mass is 491 g/mol. The quantitative estimate of drug-likeness (QED) is 0.173. The molecule has 1 saturated heterocycles. The smallest absolute Gasteiger partial charge is 0.300 e. The topological polar surface area (TPSA) is 130 Å². The summed E-state index contributed by atoms with van der Waals surface area (Å²) in [6.07, 6.45) is 0. The maximum atomic E-state index is 13.2. The highest BCUT2D eigenvalue weighted by Gasteiger charge is 2.47. The molecule has 0 saturated carbocycles. The van der Waals surface area contributed by atoms with Crippen LogP contribution in [0.25, 0.3) is 5.76 Å². The molecule has 1 heterocycles. The molecule has 1 aliphatic rings. The molecule has 176 valence electrons. The summed E-state index contributed by atoms with van der Waals surface area (Å²) in [4.78, 5) is 49.6. The molecule has 35 heavy (non-hydrogen) atoms. The lowest BCUT2D eigenvalue weighted by Gasteiger charge is -2.25. The first kappa shape index (κ1) is 23.7. The van der Waals surface area contributed by atoms with Crippen LogP contribution < -0.4 is 10.2 Å². The van der Waals surface area contributed by atoms with Crippen LogP contribution in [0.4, 0.5) is 17.1 Å². The number of ketones is 1. The van der Waals surface area contributed by atoms with Gasteiger partial charge in [-0.25, -0.2) is 0 Å². The van der Waals surface area contributed by atoms with E-state index in [9.17, 15) is 29.6 Å². The average molecular weight is 492 g/mol. The number of benzene rings is 3. The van der Waals surface area contributed by atoms with Crippen molar-refractivity contribution in [3.05, 3.63) is 105 Å². The minimum atomic E-state index is -1.14. The Hall–Kier alpha value is -4.50. The summed E-state index contributed by atoms with van der Waals surface area (Å²) in [5, 5.41) is 25.5. The van der Waals surface area contributed by atoms with Gasteiger partial charge in [0.25, 0.3) is 17.4 Å². The van der Waals surface area contributed by atoms with Gasteiger partial charge in [-0.3, -0.25) is 29.4 Å². The van der Waals surface area contributed by atoms with Gasteiger partial charge in [0, 0.05) is 41.0 Å². The Morgan fingerprint density at radius 3 is 2.31 bits per heavy atom. The van der Waals surface area contributed by atoms with Crippen molar-refractivity contribution in [1.82, 2.24) is 0 Å². The number of carbonyl (C=O) groups is 3. The molecule has 0 spiro atoms. The number of halogens is 1. The second-order valence-corrected chi connectivity index (χ2v) is 8.19. The lowest BCUT2D eigenvalue weighted by Crippen LogP contribution is -2.29. The molecule has 0 aliphatic carbocycles. The Morgan fingerprint density at radius 2 is 1.71 bits per heavy atom. The summed E-state index contributed by atoms with van der Waals surface area (Å²) in [7, 11) is 0. The zero-order valence-electron chi connectivity index (χ0n) is 18.3. The first-order chi connectivity index (χ1) is 16.7. The first-order valence-corrected chi connectivity index (χ1v) is 10.7. The minimum Gasteiger partial charge on any atom is -0.507 e. The normalized spacial score (nSPS) is 16.9. The highest BCUT2D eigenvalue weighted by Crippen LogP contribution is 2.43. The van der Waals surface area contributed by atoms with Crippen molar-refractivity contribution in [3.8, 4) is 0 Å². The van der Waals surface area contributed by atoms with E-state index in [1.807, 2.05) is 0 Å². The van der Waals surface area contributed by atoms with Crippen molar-refractivity contribution >= 4 is 52.0 Å². The first-order valence-electron chi connectivity index (χ1n) is 10.4. The third-order valence-corrected chi connectivity index (χ3v) is 5.68. The number of nitro groups is 1. The predicted octanol–water partition coefficient (Wildman–Crippen LogP) is 4.83. The van der Waals surface area contributed by atoms with E-state index in [1.165, 1.54) is 72.5 Å². The number of Topliss-reactive ketones (excluding diaryl/α,β-unsaturated/α-hetero) is 1. The number of hydrogen-bond donors (Lipinski definition) is 2. The van der Waals surface area contributed by atoms with Crippen LogP contribution in [-0.2, 0) is 14.4 Å². The molecule has 2 amide bonds. The maximum Gasteiger partial charge on any atom is 0.300 e. The van der Waals surface area contributed by atoms with E-state index in [-0.39, 0.29) is 28.3 Å². The third kappa shape index (κ3) is 4.62. The van der Waals surface area contributed by atoms with E-state index in [0.29, 0.717) is 16.4 Å². The van der Waals surface area contributed by atoms with Gasteiger partial charge in [-0.2, -0.15) is 0 Å². The van der Waals surface area contributed by atoms with Gasteiger partial charge in [-0.15, -0.1) is 0 Å². The Labute approximate surface area is 204 Å². The SMILES string of the molecule is CC(=O)Nc1ccc(N2C(=O)C(=O)C(=C(O)c3ccc(Cl)cc3)[C@H]2c2cccc([N+](=O)[O-])c2)cc1. The van der Waals surface area contributed by atoms with Crippen molar-refractivity contribution in [2.75, 3.05) is 10.2 Å². The number of hydrogen-bond acceptors (Lipinski definition) is 6. The molecule has 1 fully saturated rings. The standard InChI is InChI=1S/C25H18ClN3O6/c1-14(30)27-18-9-11-19(12-10-18)28-22(16-3-2-4-20(13-16)29(34)35)21(24(32)25(28)33)23(31)15-5-7-17(26)8-6-15/h2-13,22,31H,1H3,(H,27,30)/t22-/m1/s1. The fourth-order valence-electron chi connectivity index (χ4n) is 3.89. The van der Waals surface area contributed by atoms with Gasteiger partial charge in [0.2, 0.25) is 5.91 Å². The van der Waals surface area contributed by atoms with Gasteiger partial charge < -0.3 is 10.4 Å². The summed E-state index contributed by atoms with van der Waals surface area (Å²) in [5.41, 5.74) is 0.840. The van der Waals surface area contributed by atoms with Gasteiger partial charge in [-0.1, -0.05) is 23.7 Å². The van der Waals surface area contributed by atoms with Crippen molar-refractivity contribution in [3.63, 3.8) is 0 Å². The van der Waals surface area contributed by atoms with Gasteiger partial charge in [0.1, 0.15) is 5.76 Å². The van der Waals surface area contributed by atoms with Crippen LogP contribution >= 0.6 is 11.6 Å². The van der Waals surface area contributed by atoms with Crippen LogP contribution in [0, 0.1) is 10.1 Å². The molecule has 10 heteroatoms. The number of nitro benzene ring substituents is 1. The Kier molecular flexibility index (Phi) is 6.35. The second kappa shape index (κ2) is 9.40. The van der Waals surface area contributed by atoms with Crippen molar-refractivity contribution in [2.45, 2.75) is 13.0 Å². The highest BCUT2D eigenvalue weighted by molar-refractivity contribution is 6.51. The number of amides is 2. The number of nitrogens with zero attached hydrogens (tertiary/aromatic N) is 2. The highest BCUT2D eigenvalue weighted by atomic mass is 35.5. The molecule has 0 unspecified atom stereocenters. The molecule has 0 radical (unpaired) electrons. The van der Waals surface area contributed by atoms with E-state index < -0.39 is 28.4 Å². The van der Waals surface area contributed by atoms with E-state index in [0.717, 1.165) is 0 Å². The maximum absolute atomic E-state index is 13.2. The lowest BCUT2D eigenvalue weighted by molar-refractivity contribution is -0.384. The van der Waals surface area contributed by atoms with E-state index in [2.05, 4.69) is 5.32 Å². The van der Waals surface area contributed by atoms with Gasteiger partial charge in [-0.05, 0) is 54.1 Å². The van der Waals surface area contributed by atoms with Crippen molar-refractivity contribution in [2.24, 2.45) is 0 Å². The zero-order chi connectivity index (χ0) is 25.3. The molecule has 9 nitrogen and oxygen atoms in total. The minimum absolute atomic E-state index is 0.219. The molecule has 1 aliphatic heterocycles. The summed E-state index contributed by atoms with van der Waals surface area (Å²) in [5.74, 6) is -2.57. The summed E-state index contributed by atoms with van der Waals surface area (Å²) in [6.45, 7) is 1.35. The van der Waals surface area contributed by atoms with Crippen LogP contribution in [0.3, 0.4) is 0 Å². The lowest BCUT2D eigenvalue weighted by atomic mass is 9.95. The van der Waals surface area contributed by atoms with E-state index in [1.54, 1.807) is 12.1 Å². The molecule has 1 atom stereocenters. The van der Waals surface area contributed by atoms with Gasteiger partial charge in [0.15, 0.2) is 0 Å². The number of anilines is 2. The molecule has 0 aromatic heterocycles. The molecule has 3 aromatic rings. The fourth-order valence-corrected chi connectivity index (χ4v) is 4.02. The number of non-ortho nitro benzene ring substituents is 1. The van der Waals surface area contributed by atoms with E-state index >= 15 is 0 Å². The molecule has 0 bridgehead atoms. The van der Waals surface area contributed by atoms with E-state index in [4.69, 9.17) is 11.6 Å². The second-order valence-electron chi connectivity index (χ2n) is 7.76. The molecule has 4 rings (SSSR count). The summed E-state index contributed by atoms with van der Waals surface area (Å²) < 4.78 is 0. The summed E-state index contributed by atoms with van der Waals surface area (Å²) >= 11 is 5.93. The average Bonchev–Trinajstić information content (AvgIpc) is 3.10. The molecular weight excluding hydrogens is 474 g/mol. The Balaban J connectivity index is 1.90. The number of aliphatic hydroxyl groups is 1. The van der Waals surface area contributed by atoms with Crippen molar-refractivity contribution < 1.29 is 24.4 Å². The number of rotatable bonds is 5. The largest absolute Gasteiger partial charge is 0.507 e. The van der Waals surface area contributed by atoms with Crippen LogP contribution in [-0.4, -0.2) is 27.6 Å². The molecule has 3 aromatic carbocycles. The fraction of sp³-hybridized carbons (Fsp3) is 0.0800. The molecular formula is C25H18ClN3O6. The van der Waals surface area contributed by atoms with Gasteiger partial charge >= 0.3 is 0 Å². The van der Waals surface area contributed by atoms with Crippen molar-refractivity contribution in [1.29, 1.82) is 0 Å². The van der Waals surface area contributed by atoms with Crippen LogP contribution in [0.1, 0.15) is 24.1 Å². The number of nitrogens with one attached hydrogen (secondary N) is 1. The van der Waals surface area contributed by atoms with Crippen LogP contribution in [0.5, 0.6) is 0 Å². The summed E-state index contributed by atoms with van der Waals surface area (Å²) in [6, 6.07) is 16.6. The zero-order valence-corrected chi connectivity index (χ0v) is 19.0. The number of aliphatic hydroxyl groups excluding tert-OH is 1. The Morgan fingerprint density at radius 1 is 1.06 bits per heavy atom. The molecule has 2 N–H and O–H groups in total. The van der Waals surface area contributed by atoms with Crippen LogP contribution in [0.2, 0.25) is 5.02 Å². The third-order valence-electron chi connectivity index (χ3n) is 5.42.